The first-order chi connectivity index (χ1) is 37.0. The van der Waals surface area contributed by atoms with E-state index in [1.165, 1.54) is 205 Å². The van der Waals surface area contributed by atoms with Crippen LogP contribution >= 0.6 is 0 Å². The number of ether oxygens (including phenoxy) is 3. The lowest BCUT2D eigenvalue weighted by atomic mass is 10.0. The summed E-state index contributed by atoms with van der Waals surface area (Å²) in [5.41, 5.74) is 0. The summed E-state index contributed by atoms with van der Waals surface area (Å²) in [6.45, 7) is 6.54. The van der Waals surface area contributed by atoms with Gasteiger partial charge in [0.2, 0.25) is 0 Å². The molecule has 0 N–H and O–H groups in total. The maximum Gasteiger partial charge on any atom is 0.306 e. The van der Waals surface area contributed by atoms with Crippen molar-refractivity contribution in [3.63, 3.8) is 0 Å². The van der Waals surface area contributed by atoms with E-state index >= 15 is 0 Å². The topological polar surface area (TPSA) is 78.9 Å². The lowest BCUT2D eigenvalue weighted by Gasteiger charge is -2.18. The van der Waals surface area contributed by atoms with Gasteiger partial charge in [-0.25, -0.2) is 0 Å². The first-order valence-electron chi connectivity index (χ1n) is 32.8. The van der Waals surface area contributed by atoms with Gasteiger partial charge in [-0.05, 0) is 83.5 Å². The molecule has 0 radical (unpaired) electrons. The highest BCUT2D eigenvalue weighted by molar-refractivity contribution is 5.71. The zero-order valence-electron chi connectivity index (χ0n) is 50.1. The van der Waals surface area contributed by atoms with Crippen LogP contribution in [0.15, 0.2) is 60.8 Å². The molecule has 436 valence electrons. The third-order valence-corrected chi connectivity index (χ3v) is 14.5. The van der Waals surface area contributed by atoms with E-state index in [1.54, 1.807) is 0 Å². The molecule has 0 aromatic heterocycles. The number of carbonyl (C=O) groups excluding carboxylic acids is 3. The van der Waals surface area contributed by atoms with E-state index in [0.717, 1.165) is 96.3 Å². The number of esters is 3. The van der Waals surface area contributed by atoms with Crippen LogP contribution in [0.3, 0.4) is 0 Å². The van der Waals surface area contributed by atoms with Crippen LogP contribution in [0.5, 0.6) is 0 Å². The van der Waals surface area contributed by atoms with Gasteiger partial charge in [-0.15, -0.1) is 0 Å². The average Bonchev–Trinajstić information content (AvgIpc) is 3.41. The molecule has 0 bridgehead atoms. The van der Waals surface area contributed by atoms with E-state index < -0.39 is 6.10 Å². The lowest BCUT2D eigenvalue weighted by Crippen LogP contribution is -2.30. The molecular formula is C69H124O6. The predicted molar refractivity (Wildman–Crippen MR) is 325 cm³/mol. The fourth-order valence-corrected chi connectivity index (χ4v) is 9.61. The van der Waals surface area contributed by atoms with Crippen molar-refractivity contribution in [2.45, 2.75) is 348 Å². The third-order valence-electron chi connectivity index (χ3n) is 14.5. The van der Waals surface area contributed by atoms with Crippen LogP contribution in [0.4, 0.5) is 0 Å². The number of carbonyl (C=O) groups is 3. The minimum Gasteiger partial charge on any atom is -0.462 e. The van der Waals surface area contributed by atoms with Crippen molar-refractivity contribution >= 4 is 17.9 Å². The summed E-state index contributed by atoms with van der Waals surface area (Å²) in [4.78, 5) is 38.3. The number of hydrogen-bond donors (Lipinski definition) is 0. The van der Waals surface area contributed by atoms with Crippen LogP contribution in [0.25, 0.3) is 0 Å². The fraction of sp³-hybridized carbons (Fsp3) is 0.812. The minimum absolute atomic E-state index is 0.0768. The van der Waals surface area contributed by atoms with E-state index in [4.69, 9.17) is 14.2 Å². The van der Waals surface area contributed by atoms with Gasteiger partial charge in [-0.2, -0.15) is 0 Å². The second-order valence-corrected chi connectivity index (χ2v) is 22.0. The van der Waals surface area contributed by atoms with Gasteiger partial charge in [0, 0.05) is 19.3 Å². The zero-order valence-corrected chi connectivity index (χ0v) is 50.1. The van der Waals surface area contributed by atoms with Crippen molar-refractivity contribution in [1.29, 1.82) is 0 Å². The molecule has 75 heavy (non-hydrogen) atoms. The quantitative estimate of drug-likeness (QED) is 0.0261. The molecule has 0 aromatic carbocycles. The molecule has 0 aliphatic carbocycles. The number of rotatable bonds is 60. The van der Waals surface area contributed by atoms with Gasteiger partial charge in [0.25, 0.3) is 0 Å². The predicted octanol–water partition coefficient (Wildman–Crippen LogP) is 22.3. The first kappa shape index (κ1) is 72.1. The van der Waals surface area contributed by atoms with Gasteiger partial charge in [-0.3, -0.25) is 14.4 Å². The summed E-state index contributed by atoms with van der Waals surface area (Å²) >= 11 is 0. The van der Waals surface area contributed by atoms with Gasteiger partial charge < -0.3 is 14.2 Å². The molecule has 6 heteroatoms. The largest absolute Gasteiger partial charge is 0.462 e. The molecule has 0 aliphatic heterocycles. The molecule has 0 saturated heterocycles. The Labute approximate surface area is 466 Å². The molecule has 0 rings (SSSR count). The van der Waals surface area contributed by atoms with Crippen molar-refractivity contribution in [1.82, 2.24) is 0 Å². The van der Waals surface area contributed by atoms with Gasteiger partial charge in [-0.1, -0.05) is 300 Å². The molecule has 0 heterocycles. The minimum atomic E-state index is -0.781. The van der Waals surface area contributed by atoms with Crippen LogP contribution in [-0.4, -0.2) is 37.2 Å². The smallest absolute Gasteiger partial charge is 0.306 e. The molecule has 0 fully saturated rings. The molecule has 0 saturated carbocycles. The number of unbranched alkanes of at least 4 members (excludes halogenated alkanes) is 39. The van der Waals surface area contributed by atoms with E-state index in [9.17, 15) is 14.4 Å². The fourth-order valence-electron chi connectivity index (χ4n) is 9.61. The van der Waals surface area contributed by atoms with Crippen molar-refractivity contribution in [2.75, 3.05) is 13.2 Å². The van der Waals surface area contributed by atoms with E-state index in [0.29, 0.717) is 19.3 Å². The monoisotopic (exact) mass is 1050 g/mol. The Bertz CT molecular complexity index is 1340. The Hall–Kier alpha value is -2.89. The van der Waals surface area contributed by atoms with Crippen LogP contribution in [0, 0.1) is 0 Å². The van der Waals surface area contributed by atoms with Gasteiger partial charge in [0.1, 0.15) is 13.2 Å². The molecule has 0 aromatic rings. The van der Waals surface area contributed by atoms with Crippen molar-refractivity contribution in [3.05, 3.63) is 60.8 Å². The summed E-state index contributed by atoms with van der Waals surface area (Å²) in [5.74, 6) is -0.876. The highest BCUT2D eigenvalue weighted by Crippen LogP contribution is 2.18. The van der Waals surface area contributed by atoms with Crippen molar-refractivity contribution < 1.29 is 28.6 Å². The van der Waals surface area contributed by atoms with Crippen LogP contribution in [0.2, 0.25) is 0 Å². The molecule has 0 spiro atoms. The second-order valence-electron chi connectivity index (χ2n) is 22.0. The standard InChI is InChI=1S/C69H124O6/c1-4-7-10-13-16-19-22-25-27-29-31-33-34-35-37-38-40-42-44-47-50-53-56-59-62-68(71)74-65-66(64-73-67(70)61-58-55-52-49-46-24-21-18-15-12-9-6-3)75-69(72)63-60-57-54-51-48-45-43-41-39-36-32-30-28-26-23-20-17-14-11-8-5-2/h8,11,17-18,20-21,26,28,32,36,66H,4-7,9-10,12-16,19,22-25,27,29-31,33-35,37-65H2,1-3H3/b11-8-,20-17-,21-18-,28-26-,36-32-. The lowest BCUT2D eigenvalue weighted by molar-refractivity contribution is -0.167. The molecule has 1 atom stereocenters. The molecular weight excluding hydrogens is 925 g/mol. The van der Waals surface area contributed by atoms with E-state index in [-0.39, 0.29) is 31.1 Å². The first-order valence-corrected chi connectivity index (χ1v) is 32.8. The van der Waals surface area contributed by atoms with Crippen molar-refractivity contribution in [2.24, 2.45) is 0 Å². The van der Waals surface area contributed by atoms with E-state index in [1.807, 2.05) is 0 Å². The summed E-state index contributed by atoms with van der Waals surface area (Å²) in [7, 11) is 0. The normalized spacial score (nSPS) is 12.4. The summed E-state index contributed by atoms with van der Waals surface area (Å²) in [6.07, 6.45) is 80.9. The maximum absolute atomic E-state index is 12.9. The Morgan fingerprint density at radius 1 is 0.280 bits per heavy atom. The SMILES string of the molecule is CC/C=C\C/C=C\C/C=C\C/C=C\CCCCCCCCCCC(=O)OC(COC(=O)CCCCCCC/C=C\CCCCC)COC(=O)CCCCCCCCCCCCCCCCCCCCCCCCCC. The van der Waals surface area contributed by atoms with Gasteiger partial charge in [0.15, 0.2) is 6.10 Å². The van der Waals surface area contributed by atoms with E-state index in [2.05, 4.69) is 81.5 Å². The average molecular weight is 1050 g/mol. The second kappa shape index (κ2) is 63.6. The Kier molecular flexibility index (Phi) is 61.2. The van der Waals surface area contributed by atoms with Gasteiger partial charge >= 0.3 is 17.9 Å². The van der Waals surface area contributed by atoms with Gasteiger partial charge in [0.05, 0.1) is 0 Å². The van der Waals surface area contributed by atoms with Crippen molar-refractivity contribution in [3.8, 4) is 0 Å². The maximum atomic E-state index is 12.9. The summed E-state index contributed by atoms with van der Waals surface area (Å²) in [6, 6.07) is 0. The Balaban J connectivity index is 4.26. The number of allylic oxidation sites excluding steroid dienone is 10. The third kappa shape index (κ3) is 61.8. The Morgan fingerprint density at radius 3 is 0.853 bits per heavy atom. The Morgan fingerprint density at radius 2 is 0.520 bits per heavy atom. The summed E-state index contributed by atoms with van der Waals surface area (Å²) in [5, 5.41) is 0. The van der Waals surface area contributed by atoms with Crippen LogP contribution in [0.1, 0.15) is 342 Å². The molecule has 6 nitrogen and oxygen atoms in total. The highest BCUT2D eigenvalue weighted by Gasteiger charge is 2.19. The highest BCUT2D eigenvalue weighted by atomic mass is 16.6. The summed E-state index contributed by atoms with van der Waals surface area (Å²) < 4.78 is 16.9. The molecule has 0 aliphatic rings. The number of hydrogen-bond acceptors (Lipinski definition) is 6. The van der Waals surface area contributed by atoms with Crippen LogP contribution < -0.4 is 0 Å². The zero-order chi connectivity index (χ0) is 54.3. The molecule has 0 amide bonds. The van der Waals surface area contributed by atoms with Crippen LogP contribution in [-0.2, 0) is 28.6 Å². The molecule has 1 unspecified atom stereocenters.